The molecule has 0 aliphatic heterocycles. The molecule has 0 bridgehead atoms. The average molecular weight is 459 g/mol. The molecule has 0 radical (unpaired) electrons. The van der Waals surface area contributed by atoms with Crippen molar-refractivity contribution in [1.82, 2.24) is 14.2 Å². The van der Waals surface area contributed by atoms with E-state index in [9.17, 15) is 18.0 Å². The van der Waals surface area contributed by atoms with Crippen molar-refractivity contribution in [3.05, 3.63) is 52.7 Å². The van der Waals surface area contributed by atoms with Crippen molar-refractivity contribution in [2.24, 2.45) is 0 Å². The van der Waals surface area contributed by atoms with E-state index in [1.165, 1.54) is 41.1 Å². The number of hydrogen-bond acceptors (Lipinski definition) is 6. The van der Waals surface area contributed by atoms with Gasteiger partial charge < -0.3 is 5.32 Å². The van der Waals surface area contributed by atoms with E-state index in [4.69, 9.17) is 0 Å². The number of aromatic nitrogens is 3. The number of nitrogens with one attached hydrogen (secondary N) is 1. The molecule has 0 spiro atoms. The van der Waals surface area contributed by atoms with Gasteiger partial charge in [-0.05, 0) is 48.7 Å². The van der Waals surface area contributed by atoms with Crippen molar-refractivity contribution in [3.63, 3.8) is 0 Å². The molecule has 11 heteroatoms. The van der Waals surface area contributed by atoms with Gasteiger partial charge in [0.05, 0.1) is 21.9 Å². The zero-order valence-corrected chi connectivity index (χ0v) is 18.2. The van der Waals surface area contributed by atoms with E-state index in [1.807, 2.05) is 12.5 Å². The molecule has 2 heterocycles. The van der Waals surface area contributed by atoms with E-state index in [0.29, 0.717) is 22.0 Å². The van der Waals surface area contributed by atoms with Crippen LogP contribution in [0.2, 0.25) is 0 Å². The topological polar surface area (TPSA) is 59.8 Å². The van der Waals surface area contributed by atoms with E-state index >= 15 is 0 Å². The predicted octanol–water partition coefficient (Wildman–Crippen LogP) is 5.41. The van der Waals surface area contributed by atoms with Crippen molar-refractivity contribution >= 4 is 46.8 Å². The van der Waals surface area contributed by atoms with Crippen LogP contribution in [0.25, 0.3) is 0 Å². The Morgan fingerprint density at radius 2 is 2.00 bits per heavy atom. The number of rotatable bonds is 6. The Bertz CT molecular complexity index is 1010. The third-order valence-corrected chi connectivity index (χ3v) is 6.78. The highest BCUT2D eigenvalue weighted by atomic mass is 32.2. The second-order valence-electron chi connectivity index (χ2n) is 6.04. The van der Waals surface area contributed by atoms with Crippen LogP contribution in [0, 0.1) is 6.92 Å². The lowest BCUT2D eigenvalue weighted by atomic mass is 10.1. The summed E-state index contributed by atoms with van der Waals surface area (Å²) in [4.78, 5) is 12.7. The Kier molecular flexibility index (Phi) is 6.59. The molecule has 0 saturated heterocycles. The molecule has 1 N–H and O–H groups in total. The van der Waals surface area contributed by atoms with Crippen molar-refractivity contribution in [1.29, 1.82) is 0 Å². The molecule has 5 nitrogen and oxygen atoms in total. The van der Waals surface area contributed by atoms with Gasteiger partial charge >= 0.3 is 6.18 Å². The Morgan fingerprint density at radius 1 is 1.24 bits per heavy atom. The van der Waals surface area contributed by atoms with Gasteiger partial charge in [0.15, 0.2) is 5.82 Å². The number of carbonyl (C=O) groups excluding carboxylic acids is 1. The number of nitrogens with zero attached hydrogens (tertiary/aromatic N) is 3. The molecule has 29 heavy (non-hydrogen) atoms. The first-order valence-corrected chi connectivity index (χ1v) is 11.5. The summed E-state index contributed by atoms with van der Waals surface area (Å²) in [7, 11) is 0. The van der Waals surface area contributed by atoms with Crippen LogP contribution < -0.4 is 5.32 Å². The Balaban J connectivity index is 1.79. The molecule has 1 aromatic carbocycles. The summed E-state index contributed by atoms with van der Waals surface area (Å²) >= 11 is 4.11. The molecule has 154 valence electrons. The average Bonchev–Trinajstić information content (AvgIpc) is 3.24. The molecule has 0 fully saturated rings. The summed E-state index contributed by atoms with van der Waals surface area (Å²) < 4.78 is 45.4. The number of aryl methyl sites for hydroxylation is 1. The number of alkyl halides is 3. The second-order valence-corrected chi connectivity index (χ2v) is 8.68. The Morgan fingerprint density at radius 3 is 2.66 bits per heavy atom. The van der Waals surface area contributed by atoms with Crippen LogP contribution in [0.1, 0.15) is 27.2 Å². The lowest BCUT2D eigenvalue weighted by Crippen LogP contribution is -2.14. The first-order chi connectivity index (χ1) is 13.7. The van der Waals surface area contributed by atoms with Crippen molar-refractivity contribution in [2.75, 3.05) is 17.8 Å². The van der Waals surface area contributed by atoms with E-state index in [1.54, 1.807) is 23.7 Å². The SMILES string of the molecule is CSc1nsc(SC)c1C(=O)Nc1cc(C)n(Cc2cccc(C(F)(F)F)c2)n1. The van der Waals surface area contributed by atoms with Crippen LogP contribution in [0.5, 0.6) is 0 Å². The second kappa shape index (κ2) is 8.80. The largest absolute Gasteiger partial charge is 0.416 e. The van der Waals surface area contributed by atoms with Gasteiger partial charge in [0.1, 0.15) is 5.03 Å². The van der Waals surface area contributed by atoms with Crippen LogP contribution >= 0.6 is 35.1 Å². The monoisotopic (exact) mass is 458 g/mol. The van der Waals surface area contributed by atoms with Gasteiger partial charge in [0.2, 0.25) is 0 Å². The first-order valence-electron chi connectivity index (χ1n) is 8.32. The standard InChI is InChI=1S/C18H17F3N4OS3/c1-10-7-13(22-15(26)14-16(27-2)24-29-17(14)28-3)23-25(10)9-11-5-4-6-12(8-11)18(19,20)21/h4-8H,9H2,1-3H3,(H,22,23,26). The van der Waals surface area contributed by atoms with Gasteiger partial charge in [-0.25, -0.2) is 0 Å². The molecule has 0 aliphatic carbocycles. The van der Waals surface area contributed by atoms with Gasteiger partial charge in [-0.3, -0.25) is 9.48 Å². The highest BCUT2D eigenvalue weighted by Crippen LogP contribution is 2.33. The van der Waals surface area contributed by atoms with Crippen molar-refractivity contribution < 1.29 is 18.0 Å². The number of anilines is 1. The van der Waals surface area contributed by atoms with Crippen molar-refractivity contribution in [3.8, 4) is 0 Å². The fourth-order valence-electron chi connectivity index (χ4n) is 2.66. The summed E-state index contributed by atoms with van der Waals surface area (Å²) in [6, 6.07) is 6.81. The number of amides is 1. The molecule has 3 rings (SSSR count). The smallest absolute Gasteiger partial charge is 0.305 e. The summed E-state index contributed by atoms with van der Waals surface area (Å²) in [5.74, 6) is 0.0287. The van der Waals surface area contributed by atoms with Crippen LogP contribution in [-0.2, 0) is 12.7 Å². The number of halogens is 3. The zero-order chi connectivity index (χ0) is 21.2. The number of thioether (sulfide) groups is 2. The molecule has 0 saturated carbocycles. The molecule has 0 unspecified atom stereocenters. The number of carbonyl (C=O) groups is 1. The summed E-state index contributed by atoms with van der Waals surface area (Å²) in [5.41, 5.74) is 1.00. The molecule has 0 atom stereocenters. The first kappa shape index (κ1) is 21.7. The molecular weight excluding hydrogens is 441 g/mol. The fourth-order valence-corrected chi connectivity index (χ4v) is 4.94. The minimum absolute atomic E-state index is 0.164. The summed E-state index contributed by atoms with van der Waals surface area (Å²) in [6.07, 6.45) is -0.668. The summed E-state index contributed by atoms with van der Waals surface area (Å²) in [6.45, 7) is 1.95. The molecular formula is C18H17F3N4OS3. The van der Waals surface area contributed by atoms with Gasteiger partial charge in [0, 0.05) is 11.8 Å². The highest BCUT2D eigenvalue weighted by molar-refractivity contribution is 8.01. The van der Waals surface area contributed by atoms with Crippen LogP contribution in [0.3, 0.4) is 0 Å². The molecule has 3 aromatic rings. The summed E-state index contributed by atoms with van der Waals surface area (Å²) in [5, 5.41) is 7.75. The van der Waals surface area contributed by atoms with E-state index in [0.717, 1.165) is 22.0 Å². The molecule has 2 aromatic heterocycles. The minimum Gasteiger partial charge on any atom is -0.305 e. The number of benzene rings is 1. The Labute approximate surface area is 178 Å². The highest BCUT2D eigenvalue weighted by Gasteiger charge is 2.30. The number of hydrogen-bond donors (Lipinski definition) is 1. The third-order valence-electron chi connectivity index (χ3n) is 4.04. The quantitative estimate of drug-likeness (QED) is 0.501. The lowest BCUT2D eigenvalue weighted by molar-refractivity contribution is -0.137. The zero-order valence-electron chi connectivity index (χ0n) is 15.7. The maximum Gasteiger partial charge on any atom is 0.416 e. The normalized spacial score (nSPS) is 11.7. The predicted molar refractivity (Wildman–Crippen MR) is 111 cm³/mol. The fraction of sp³-hybridized carbons (Fsp3) is 0.278. The lowest BCUT2D eigenvalue weighted by Gasteiger charge is -2.09. The van der Waals surface area contributed by atoms with Gasteiger partial charge in [-0.15, -0.1) is 23.5 Å². The Hall–Kier alpha value is -1.98. The van der Waals surface area contributed by atoms with E-state index in [2.05, 4.69) is 14.8 Å². The maximum absolute atomic E-state index is 12.9. The van der Waals surface area contributed by atoms with Crippen LogP contribution in [-0.4, -0.2) is 32.6 Å². The van der Waals surface area contributed by atoms with Gasteiger partial charge in [-0.1, -0.05) is 12.1 Å². The minimum atomic E-state index is -4.40. The van der Waals surface area contributed by atoms with Crippen LogP contribution in [0.4, 0.5) is 19.0 Å². The van der Waals surface area contributed by atoms with Crippen molar-refractivity contribution in [2.45, 2.75) is 28.9 Å². The van der Waals surface area contributed by atoms with Gasteiger partial charge in [0.25, 0.3) is 5.91 Å². The van der Waals surface area contributed by atoms with Gasteiger partial charge in [-0.2, -0.15) is 22.6 Å². The molecule has 0 aliphatic rings. The molecule has 1 amide bonds. The van der Waals surface area contributed by atoms with Crippen LogP contribution in [0.15, 0.2) is 39.6 Å². The maximum atomic E-state index is 12.9. The third kappa shape index (κ3) is 4.96. The van der Waals surface area contributed by atoms with E-state index < -0.39 is 11.7 Å². The van der Waals surface area contributed by atoms with E-state index in [-0.39, 0.29) is 12.5 Å².